The number of nitrogens with zero attached hydrogens (tertiary/aromatic N) is 2. The number of imidazole rings is 1. The largest absolute Gasteiger partial charge is 0.441 e. The molecule has 1 rings (SSSR count). The molecule has 0 radical (unpaired) electrons. The fraction of sp³-hybridized carbons (Fsp3) is 0.700. The molecule has 0 bridgehead atoms. The van der Waals surface area contributed by atoms with Gasteiger partial charge in [0.05, 0.1) is 12.0 Å². The highest BCUT2D eigenvalue weighted by molar-refractivity contribution is 8.00. The van der Waals surface area contributed by atoms with Crippen LogP contribution >= 0.6 is 11.8 Å². The summed E-state index contributed by atoms with van der Waals surface area (Å²) >= 11 is -0.00366. The van der Waals surface area contributed by atoms with Gasteiger partial charge in [-0.1, -0.05) is 0 Å². The smallest absolute Gasteiger partial charge is 0.331 e. The van der Waals surface area contributed by atoms with E-state index >= 15 is 0 Å². The van der Waals surface area contributed by atoms with Crippen LogP contribution in [0.3, 0.4) is 0 Å². The van der Waals surface area contributed by atoms with Gasteiger partial charge in [-0.3, -0.25) is 0 Å². The van der Waals surface area contributed by atoms with Crippen LogP contribution in [0.5, 0.6) is 0 Å². The van der Waals surface area contributed by atoms with Crippen molar-refractivity contribution in [3.8, 4) is 0 Å². The number of hydrogen-bond acceptors (Lipinski definition) is 3. The summed E-state index contributed by atoms with van der Waals surface area (Å²) < 4.78 is 37.5. The Morgan fingerprint density at radius 2 is 2.18 bits per heavy atom. The van der Waals surface area contributed by atoms with Gasteiger partial charge in [-0.15, -0.1) is 0 Å². The van der Waals surface area contributed by atoms with Crippen molar-refractivity contribution in [1.29, 1.82) is 0 Å². The van der Waals surface area contributed by atoms with Gasteiger partial charge in [0.25, 0.3) is 0 Å². The SMILES string of the molecule is CC(C)n1cncc1CNCCSC(F)(F)F. The third kappa shape index (κ3) is 5.45. The molecule has 0 amide bonds. The Balaban J connectivity index is 2.25. The Morgan fingerprint density at radius 3 is 2.76 bits per heavy atom. The molecule has 0 aliphatic carbocycles. The highest BCUT2D eigenvalue weighted by atomic mass is 32.2. The average Bonchev–Trinajstić information content (AvgIpc) is 2.63. The molecule has 0 aliphatic rings. The molecule has 1 N–H and O–H groups in total. The molecule has 0 aromatic carbocycles. The van der Waals surface area contributed by atoms with E-state index in [9.17, 15) is 13.2 Å². The number of rotatable bonds is 6. The second-order valence-corrected chi connectivity index (χ2v) is 5.02. The van der Waals surface area contributed by atoms with Crippen LogP contribution in [0.15, 0.2) is 12.5 Å². The topological polar surface area (TPSA) is 29.9 Å². The molecule has 0 saturated heterocycles. The predicted octanol–water partition coefficient (Wildman–Crippen LogP) is 2.81. The quantitative estimate of drug-likeness (QED) is 0.804. The number of aromatic nitrogens is 2. The zero-order valence-corrected chi connectivity index (χ0v) is 10.6. The molecular formula is C10H16F3N3S. The fourth-order valence-electron chi connectivity index (χ4n) is 1.39. The van der Waals surface area contributed by atoms with Gasteiger partial charge in [0, 0.05) is 31.1 Å². The van der Waals surface area contributed by atoms with Gasteiger partial charge in [0.1, 0.15) is 0 Å². The van der Waals surface area contributed by atoms with Crippen molar-refractivity contribution >= 4 is 11.8 Å². The molecule has 0 spiro atoms. The standard InChI is InChI=1S/C10H16F3N3S/c1-8(2)16-7-15-6-9(16)5-14-3-4-17-10(11,12)13/h6-8,14H,3-5H2,1-2H3. The molecule has 0 saturated carbocycles. The Kier molecular flexibility index (Phi) is 5.32. The Labute approximate surface area is 103 Å². The maximum atomic E-state index is 11.8. The van der Waals surface area contributed by atoms with Gasteiger partial charge in [-0.05, 0) is 25.6 Å². The lowest BCUT2D eigenvalue weighted by Crippen LogP contribution is -2.20. The highest BCUT2D eigenvalue weighted by Crippen LogP contribution is 2.29. The van der Waals surface area contributed by atoms with Crippen molar-refractivity contribution < 1.29 is 13.2 Å². The van der Waals surface area contributed by atoms with Gasteiger partial charge in [-0.25, -0.2) is 4.98 Å². The number of nitrogens with one attached hydrogen (secondary N) is 1. The summed E-state index contributed by atoms with van der Waals surface area (Å²) in [7, 11) is 0. The average molecular weight is 267 g/mol. The van der Waals surface area contributed by atoms with Crippen LogP contribution in [-0.2, 0) is 6.54 Å². The maximum Gasteiger partial charge on any atom is 0.441 e. The lowest BCUT2D eigenvalue weighted by molar-refractivity contribution is -0.0327. The van der Waals surface area contributed by atoms with Crippen LogP contribution in [-0.4, -0.2) is 27.4 Å². The lowest BCUT2D eigenvalue weighted by atomic mass is 10.3. The summed E-state index contributed by atoms with van der Waals surface area (Å²) in [6.45, 7) is 4.93. The van der Waals surface area contributed by atoms with Gasteiger partial charge < -0.3 is 9.88 Å². The first-order valence-corrected chi connectivity index (χ1v) is 6.31. The van der Waals surface area contributed by atoms with E-state index in [0.717, 1.165) is 5.69 Å². The van der Waals surface area contributed by atoms with Crippen molar-refractivity contribution in [3.63, 3.8) is 0 Å². The summed E-state index contributed by atoms with van der Waals surface area (Å²) in [4.78, 5) is 4.02. The van der Waals surface area contributed by atoms with Gasteiger partial charge in [0.2, 0.25) is 0 Å². The van der Waals surface area contributed by atoms with E-state index in [0.29, 0.717) is 19.1 Å². The van der Waals surface area contributed by atoms with E-state index in [1.165, 1.54) is 0 Å². The van der Waals surface area contributed by atoms with Crippen molar-refractivity contribution in [1.82, 2.24) is 14.9 Å². The second-order valence-electron chi connectivity index (χ2n) is 3.86. The summed E-state index contributed by atoms with van der Waals surface area (Å²) in [5.74, 6) is 0.0271. The number of hydrogen-bond donors (Lipinski definition) is 1. The van der Waals surface area contributed by atoms with Crippen molar-refractivity contribution in [3.05, 3.63) is 18.2 Å². The number of halogens is 3. The fourth-order valence-corrected chi connectivity index (χ4v) is 1.87. The maximum absolute atomic E-state index is 11.8. The summed E-state index contributed by atoms with van der Waals surface area (Å²) in [6, 6.07) is 0.304. The Morgan fingerprint density at radius 1 is 1.47 bits per heavy atom. The minimum atomic E-state index is -4.14. The molecule has 0 aliphatic heterocycles. The first-order chi connectivity index (χ1) is 7.90. The van der Waals surface area contributed by atoms with Crippen molar-refractivity contribution in [2.75, 3.05) is 12.3 Å². The molecule has 1 aromatic heterocycles. The van der Waals surface area contributed by atoms with Gasteiger partial charge in [-0.2, -0.15) is 13.2 Å². The van der Waals surface area contributed by atoms with E-state index in [4.69, 9.17) is 0 Å². The summed E-state index contributed by atoms with van der Waals surface area (Å²) in [5.41, 5.74) is -3.15. The first-order valence-electron chi connectivity index (χ1n) is 5.32. The molecule has 1 aromatic rings. The Bertz CT molecular complexity index is 336. The molecule has 17 heavy (non-hydrogen) atoms. The molecular weight excluding hydrogens is 251 g/mol. The minimum absolute atomic E-state index is 0.00366. The molecule has 1 heterocycles. The molecule has 3 nitrogen and oxygen atoms in total. The minimum Gasteiger partial charge on any atom is -0.331 e. The van der Waals surface area contributed by atoms with Crippen LogP contribution in [0.2, 0.25) is 0 Å². The third-order valence-electron chi connectivity index (χ3n) is 2.15. The summed E-state index contributed by atoms with van der Waals surface area (Å²) in [6.07, 6.45) is 3.45. The van der Waals surface area contributed by atoms with Crippen LogP contribution in [0.25, 0.3) is 0 Å². The molecule has 0 unspecified atom stereocenters. The van der Waals surface area contributed by atoms with Crippen LogP contribution in [0.1, 0.15) is 25.6 Å². The normalized spacial score (nSPS) is 12.4. The zero-order valence-electron chi connectivity index (χ0n) is 9.79. The number of alkyl halides is 3. The molecule has 98 valence electrons. The number of thioether (sulfide) groups is 1. The van der Waals surface area contributed by atoms with E-state index in [-0.39, 0.29) is 17.5 Å². The molecule has 0 fully saturated rings. The van der Waals surface area contributed by atoms with E-state index in [1.54, 1.807) is 12.5 Å². The summed E-state index contributed by atoms with van der Waals surface area (Å²) in [5, 5.41) is 2.97. The van der Waals surface area contributed by atoms with E-state index in [1.807, 2.05) is 18.4 Å². The van der Waals surface area contributed by atoms with Crippen molar-refractivity contribution in [2.24, 2.45) is 0 Å². The lowest BCUT2D eigenvalue weighted by Gasteiger charge is -2.12. The second kappa shape index (κ2) is 6.30. The van der Waals surface area contributed by atoms with E-state index in [2.05, 4.69) is 10.3 Å². The first kappa shape index (κ1) is 14.4. The predicted molar refractivity (Wildman–Crippen MR) is 62.8 cm³/mol. The monoisotopic (exact) mass is 267 g/mol. The van der Waals surface area contributed by atoms with Crippen LogP contribution in [0, 0.1) is 0 Å². The Hall–Kier alpha value is -0.690. The highest BCUT2D eigenvalue weighted by Gasteiger charge is 2.27. The third-order valence-corrected chi connectivity index (χ3v) is 2.89. The van der Waals surface area contributed by atoms with Gasteiger partial charge >= 0.3 is 5.51 Å². The molecule has 0 atom stereocenters. The zero-order chi connectivity index (χ0) is 12.9. The van der Waals surface area contributed by atoms with Gasteiger partial charge in [0.15, 0.2) is 0 Å². The molecule has 7 heteroatoms. The van der Waals surface area contributed by atoms with Crippen LogP contribution < -0.4 is 5.32 Å². The van der Waals surface area contributed by atoms with Crippen LogP contribution in [0.4, 0.5) is 13.2 Å². The van der Waals surface area contributed by atoms with E-state index < -0.39 is 5.51 Å². The van der Waals surface area contributed by atoms with Crippen molar-refractivity contribution in [2.45, 2.75) is 31.9 Å².